The predicted octanol–water partition coefficient (Wildman–Crippen LogP) is 19.4. The molecule has 0 bridgehead atoms. The third kappa shape index (κ3) is 28.6. The maximum absolute atomic E-state index is 13.8. The fourth-order valence-electron chi connectivity index (χ4n) is 11.1. The Kier molecular flexibility index (Phi) is 31.9. The molecule has 0 fully saturated rings. The number of ether oxygens (including phenoxy) is 5. The van der Waals surface area contributed by atoms with Gasteiger partial charge in [-0.2, -0.15) is 0 Å². The van der Waals surface area contributed by atoms with E-state index in [9.17, 15) is 32.8 Å². The molecule has 15 rings (SSSR count). The lowest BCUT2D eigenvalue weighted by atomic mass is 10.0. The average Bonchev–Trinajstić information content (AvgIpc) is 1.83. The number of pyridine rings is 3. The zero-order valence-corrected chi connectivity index (χ0v) is 69.4. The number of carbonyl (C=O) groups is 5. The number of nitrogens with zero attached hydrogens (tertiary/aromatic N) is 16. The molecule has 0 spiro atoms. The van der Waals surface area contributed by atoms with Gasteiger partial charge in [0.15, 0.2) is 57.7 Å². The van der Waals surface area contributed by atoms with Crippen molar-refractivity contribution < 1.29 is 56.4 Å². The summed E-state index contributed by atoms with van der Waals surface area (Å²) in [5.74, 6) is 3.42. The Labute approximate surface area is 715 Å². The van der Waals surface area contributed by atoms with E-state index in [4.69, 9.17) is 46.9 Å². The number of carbonyl (C=O) groups excluding carboxylic acids is 5. The number of Topliss-reactive ketones (excluding diaryl/α,β-unsaturated/α-hetero) is 5. The lowest BCUT2D eigenvalue weighted by molar-refractivity contribution is 0.0982. The quantitative estimate of drug-likeness (QED) is 0.0454. The minimum Gasteiger partial charge on any atom is -0.454 e. The Bertz CT molecular complexity index is 5720. The number of aromatic nitrogens is 16. The van der Waals surface area contributed by atoms with E-state index in [1.165, 1.54) is 129 Å². The van der Waals surface area contributed by atoms with Crippen LogP contribution in [0.15, 0.2) is 256 Å². The van der Waals surface area contributed by atoms with Gasteiger partial charge >= 0.3 is 0 Å². The summed E-state index contributed by atoms with van der Waals surface area (Å²) in [7, 11) is 0. The van der Waals surface area contributed by atoms with Crippen molar-refractivity contribution in [3.8, 4) is 57.5 Å². The van der Waals surface area contributed by atoms with Crippen molar-refractivity contribution in [2.75, 3.05) is 0 Å². The molecule has 26 nitrogen and oxygen atoms in total. The minimum atomic E-state index is -0.552. The molecular weight excluding hydrogens is 1670 g/mol. The fraction of sp³-hybridized carbons (Fsp3) is 0.135. The first-order valence-corrected chi connectivity index (χ1v) is 39.1. The van der Waals surface area contributed by atoms with Crippen LogP contribution in [0.25, 0.3) is 0 Å². The van der Waals surface area contributed by atoms with Crippen LogP contribution in [-0.2, 0) is 38.5 Å². The molecule has 0 unspecified atom stereocenters. The molecule has 0 aliphatic heterocycles. The summed E-state index contributed by atoms with van der Waals surface area (Å²) >= 11 is 17.0. The van der Waals surface area contributed by atoms with Crippen LogP contribution < -0.4 is 23.7 Å². The van der Waals surface area contributed by atoms with Gasteiger partial charge in [0.2, 0.25) is 0 Å². The molecular formula is C89H71BrCl2F2N16O10S. The third-order valence-electron chi connectivity index (χ3n) is 16.5. The van der Waals surface area contributed by atoms with Crippen LogP contribution in [0.5, 0.6) is 57.5 Å². The van der Waals surface area contributed by atoms with Gasteiger partial charge in [0.1, 0.15) is 82.9 Å². The monoisotopic (exact) mass is 1740 g/mol. The number of rotatable bonds is 26. The van der Waals surface area contributed by atoms with Crippen molar-refractivity contribution in [3.63, 3.8) is 0 Å². The van der Waals surface area contributed by atoms with E-state index in [1.807, 2.05) is 83.1 Å². The number of ketones is 5. The molecule has 0 aliphatic carbocycles. The fourth-order valence-corrected chi connectivity index (χ4v) is 13.0. The van der Waals surface area contributed by atoms with Crippen LogP contribution in [0, 0.1) is 46.3 Å². The van der Waals surface area contributed by atoms with E-state index in [1.54, 1.807) is 85.5 Å². The van der Waals surface area contributed by atoms with E-state index in [0.717, 1.165) is 55.4 Å². The highest BCUT2D eigenvalue weighted by Gasteiger charge is 2.19. The van der Waals surface area contributed by atoms with E-state index in [2.05, 4.69) is 103 Å². The van der Waals surface area contributed by atoms with Crippen LogP contribution >= 0.6 is 50.5 Å². The van der Waals surface area contributed by atoms with Crippen molar-refractivity contribution in [1.82, 2.24) is 79.7 Å². The maximum atomic E-state index is 13.8. The molecule has 0 radical (unpaired) electrons. The first-order chi connectivity index (χ1) is 58.4. The molecule has 0 aliphatic rings. The smallest absolute Gasteiger partial charge is 0.170 e. The van der Waals surface area contributed by atoms with E-state index in [-0.39, 0.29) is 72.3 Å². The van der Waals surface area contributed by atoms with Crippen molar-refractivity contribution >= 4 is 79.4 Å². The van der Waals surface area contributed by atoms with Gasteiger partial charge in [0.05, 0.1) is 109 Å². The molecule has 15 aromatic rings. The molecule has 0 N–H and O–H groups in total. The van der Waals surface area contributed by atoms with E-state index >= 15 is 0 Å². The third-order valence-corrected chi connectivity index (χ3v) is 18.9. The highest BCUT2D eigenvalue weighted by molar-refractivity contribution is 9.11. The van der Waals surface area contributed by atoms with Crippen LogP contribution in [0.3, 0.4) is 0 Å². The number of thiazole rings is 1. The standard InChI is InChI=1S/C19H16ClN3O2.C19H17N3O2.C18H14FN3O2.C17H13ClN4O2.C16H11BrFN3O2S/c1-2-13-3-4-23-16(5-13)9-19(24)14-6-15(20)8-17(7-14)25-18-10-21-12-22-11-18;1-13-6-15(19(23)9-16-5-3-4-14(2)22-16)8-17(7-13)24-18-10-20-12-21-11-18;1-12-4-13(18(23)8-15-7-14(19)2-3-22-15)6-16(5-12)24-17-9-20-11-21-10-17;1-11-2-3-21-17(22-11)7-16(23)12-4-13(18)6-14(5-12)24-15-8-19-10-20-9-15;1-9-16(17)24-15(21-9)5-14(22)10-2-11(18)4-12(3-10)23-13-6-19-8-20-7-13/h3-8,10-12H,2,9H2,1H3;3-8,10-12H,9H2,1-2H3;2-7,9-11H,8H2,1H3;2-6,8-10H,7H2,1H3;2-4,6-8H,5H2,1H3. The van der Waals surface area contributed by atoms with Gasteiger partial charge < -0.3 is 23.7 Å². The van der Waals surface area contributed by atoms with Gasteiger partial charge in [-0.15, -0.1) is 11.3 Å². The van der Waals surface area contributed by atoms with Crippen LogP contribution in [0.1, 0.15) is 120 Å². The number of hydrogen-bond donors (Lipinski definition) is 0. The summed E-state index contributed by atoms with van der Waals surface area (Å²) < 4.78 is 56.1. The highest BCUT2D eigenvalue weighted by Crippen LogP contribution is 2.32. The topological polar surface area (TPSA) is 338 Å². The Morgan fingerprint density at radius 1 is 0.364 bits per heavy atom. The second-order valence-electron chi connectivity index (χ2n) is 26.3. The Hall–Kier alpha value is -14.1. The molecule has 0 amide bonds. The second-order valence-corrected chi connectivity index (χ2v) is 29.6. The summed E-state index contributed by atoms with van der Waals surface area (Å²) in [6.07, 6.45) is 28.6. The number of aryl methyl sites for hydroxylation is 6. The molecule has 608 valence electrons. The van der Waals surface area contributed by atoms with Crippen LogP contribution in [0.2, 0.25) is 10.0 Å². The van der Waals surface area contributed by atoms with Crippen molar-refractivity contribution in [2.24, 2.45) is 0 Å². The normalized spacial score (nSPS) is 10.5. The molecule has 121 heavy (non-hydrogen) atoms. The SMILES string of the molecule is CCc1ccnc(CC(=O)c2cc(Cl)cc(Oc3cncnc3)c2)c1.Cc1cc(Oc2cncnc2)cc(C(=O)Cc2cc(F)ccn2)c1.Cc1cc(Oc2cncnc2)cc(C(=O)Cc2cccc(C)n2)c1.Cc1ccnc(CC(=O)c2cc(Cl)cc(Oc3cncnc3)c2)n1.Cc1nc(CC(=O)c2cc(F)cc(Oc3cncnc3)c2)sc1Br. The zero-order valence-electron chi connectivity index (χ0n) is 65.4. The molecule has 5 aromatic carbocycles. The number of hydrogen-bond acceptors (Lipinski definition) is 27. The number of benzene rings is 5. The molecule has 0 saturated carbocycles. The zero-order chi connectivity index (χ0) is 85.6. The second kappa shape index (κ2) is 43.9. The van der Waals surface area contributed by atoms with E-state index < -0.39 is 11.6 Å². The molecule has 0 atom stereocenters. The number of halogens is 5. The first-order valence-electron chi connectivity index (χ1n) is 36.8. The van der Waals surface area contributed by atoms with Gasteiger partial charge in [-0.05, 0) is 201 Å². The Balaban J connectivity index is 0.000000148. The van der Waals surface area contributed by atoms with Gasteiger partial charge in [0, 0.05) is 85.3 Å². The Morgan fingerprint density at radius 3 is 1.17 bits per heavy atom. The summed E-state index contributed by atoms with van der Waals surface area (Å²) in [4.78, 5) is 126. The van der Waals surface area contributed by atoms with Gasteiger partial charge in [0.25, 0.3) is 0 Å². The summed E-state index contributed by atoms with van der Waals surface area (Å²) in [6.45, 7) is 11.5. The minimum absolute atomic E-state index is 0.00552. The van der Waals surface area contributed by atoms with Crippen LogP contribution in [0.4, 0.5) is 8.78 Å². The summed E-state index contributed by atoms with van der Waals surface area (Å²) in [5.41, 5.74) is 9.62. The Morgan fingerprint density at radius 2 is 0.744 bits per heavy atom. The van der Waals surface area contributed by atoms with Gasteiger partial charge in [-0.3, -0.25) is 38.9 Å². The highest BCUT2D eigenvalue weighted by atomic mass is 79.9. The summed E-state index contributed by atoms with van der Waals surface area (Å²) in [5, 5.41) is 1.50. The molecule has 0 saturated heterocycles. The van der Waals surface area contributed by atoms with Gasteiger partial charge in [-0.25, -0.2) is 73.6 Å². The molecule has 32 heteroatoms. The van der Waals surface area contributed by atoms with Crippen molar-refractivity contribution in [2.45, 2.75) is 80.1 Å². The van der Waals surface area contributed by atoms with Crippen molar-refractivity contribution in [1.29, 1.82) is 0 Å². The largest absolute Gasteiger partial charge is 0.454 e. The van der Waals surface area contributed by atoms with E-state index in [0.29, 0.717) is 101 Å². The summed E-state index contributed by atoms with van der Waals surface area (Å²) in [6, 6.07) is 38.2. The maximum Gasteiger partial charge on any atom is 0.170 e. The lowest BCUT2D eigenvalue weighted by Crippen LogP contribution is -2.07. The first kappa shape index (κ1) is 87.8. The van der Waals surface area contributed by atoms with Gasteiger partial charge in [-0.1, -0.05) is 36.2 Å². The predicted molar refractivity (Wildman–Crippen MR) is 450 cm³/mol. The average molecular weight is 1750 g/mol. The van der Waals surface area contributed by atoms with Crippen molar-refractivity contribution in [3.05, 3.63) is 367 Å². The molecule has 10 heterocycles. The van der Waals surface area contributed by atoms with Crippen LogP contribution in [-0.4, -0.2) is 109 Å². The molecule has 10 aromatic heterocycles. The lowest BCUT2D eigenvalue weighted by Gasteiger charge is -2.09.